The van der Waals surface area contributed by atoms with E-state index in [1.807, 2.05) is 0 Å². The molecule has 2 N–H and O–H groups in total. The summed E-state index contributed by atoms with van der Waals surface area (Å²) in [5.74, 6) is 0.299. The van der Waals surface area contributed by atoms with Crippen molar-refractivity contribution < 1.29 is 28.6 Å². The molecule has 0 aliphatic heterocycles. The Kier molecular flexibility index (Phi) is 6.29. The van der Waals surface area contributed by atoms with Crippen LogP contribution in [0.5, 0.6) is 5.75 Å². The summed E-state index contributed by atoms with van der Waals surface area (Å²) >= 11 is 0. The third-order valence-corrected chi connectivity index (χ3v) is 4.70. The van der Waals surface area contributed by atoms with Gasteiger partial charge in [0, 0.05) is 11.1 Å². The highest BCUT2D eigenvalue weighted by atomic mass is 31.2. The number of carbonyl (C=O) groups excluding carboxylic acids is 1. The van der Waals surface area contributed by atoms with Crippen LogP contribution in [0, 0.1) is 0 Å². The maximum Gasteiger partial charge on any atom is 0.332 e. The van der Waals surface area contributed by atoms with E-state index in [0.29, 0.717) is 22.4 Å². The molecule has 0 saturated carbocycles. The maximum atomic E-state index is 12.4. The second kappa shape index (κ2) is 8.22. The Morgan fingerprint density at radius 3 is 2.08 bits per heavy atom. The Hall–Kier alpha value is -1.98. The van der Waals surface area contributed by atoms with E-state index in [4.69, 9.17) is 14.4 Å². The SMILES string of the molecule is CCOP(=O)(O)Cc1ccc(C(=O)c2ccc(OCO)cc2)cc1. The Bertz CT molecular complexity index is 724. The number of hydrogen-bond donors (Lipinski definition) is 2. The minimum Gasteiger partial charge on any atom is -0.468 e. The van der Waals surface area contributed by atoms with Crippen molar-refractivity contribution in [3.05, 3.63) is 65.2 Å². The normalized spacial score (nSPS) is 13.3. The zero-order valence-electron chi connectivity index (χ0n) is 13.2. The molecule has 1 atom stereocenters. The van der Waals surface area contributed by atoms with Crippen molar-refractivity contribution in [3.8, 4) is 5.75 Å². The minimum absolute atomic E-state index is 0.0947. The Morgan fingerprint density at radius 2 is 1.58 bits per heavy atom. The lowest BCUT2D eigenvalue weighted by Gasteiger charge is -2.11. The summed E-state index contributed by atoms with van der Waals surface area (Å²) in [7, 11) is -3.64. The molecule has 1 unspecified atom stereocenters. The van der Waals surface area contributed by atoms with E-state index in [1.54, 1.807) is 55.5 Å². The fourth-order valence-electron chi connectivity index (χ4n) is 2.18. The van der Waals surface area contributed by atoms with E-state index in [1.165, 1.54) is 0 Å². The number of ether oxygens (including phenoxy) is 1. The first-order valence-electron chi connectivity index (χ1n) is 7.39. The van der Waals surface area contributed by atoms with E-state index in [-0.39, 0.29) is 18.6 Å². The number of aliphatic hydroxyl groups excluding tert-OH is 1. The van der Waals surface area contributed by atoms with Gasteiger partial charge in [-0.3, -0.25) is 9.36 Å². The van der Waals surface area contributed by atoms with Gasteiger partial charge in [-0.1, -0.05) is 24.3 Å². The second-order valence-corrected chi connectivity index (χ2v) is 6.89. The van der Waals surface area contributed by atoms with Gasteiger partial charge < -0.3 is 19.3 Å². The summed E-state index contributed by atoms with van der Waals surface area (Å²) in [6.45, 7) is 1.40. The summed E-state index contributed by atoms with van der Waals surface area (Å²) in [6, 6.07) is 12.9. The molecular formula is C17H19O6P. The quantitative estimate of drug-likeness (QED) is 0.432. The predicted molar refractivity (Wildman–Crippen MR) is 89.2 cm³/mol. The molecule has 0 spiro atoms. The summed E-state index contributed by atoms with van der Waals surface area (Å²) in [6.07, 6.45) is -0.0947. The van der Waals surface area contributed by atoms with Crippen LogP contribution in [0.25, 0.3) is 0 Å². The summed E-state index contributed by atoms with van der Waals surface area (Å²) < 4.78 is 21.5. The lowest BCUT2D eigenvalue weighted by molar-refractivity contribution is 0.0985. The van der Waals surface area contributed by atoms with E-state index in [2.05, 4.69) is 0 Å². The molecule has 24 heavy (non-hydrogen) atoms. The van der Waals surface area contributed by atoms with Crippen LogP contribution < -0.4 is 4.74 Å². The van der Waals surface area contributed by atoms with Gasteiger partial charge in [-0.05, 0) is 36.8 Å². The molecule has 0 amide bonds. The van der Waals surface area contributed by atoms with Crippen molar-refractivity contribution in [2.24, 2.45) is 0 Å². The van der Waals surface area contributed by atoms with Crippen LogP contribution in [0.15, 0.2) is 48.5 Å². The molecule has 2 rings (SSSR count). The van der Waals surface area contributed by atoms with E-state index in [9.17, 15) is 14.3 Å². The van der Waals surface area contributed by atoms with Crippen LogP contribution in [0.3, 0.4) is 0 Å². The largest absolute Gasteiger partial charge is 0.468 e. The highest BCUT2D eigenvalue weighted by Gasteiger charge is 2.19. The van der Waals surface area contributed by atoms with Crippen LogP contribution >= 0.6 is 7.60 Å². The molecule has 7 heteroatoms. The number of hydrogen-bond acceptors (Lipinski definition) is 5. The van der Waals surface area contributed by atoms with Crippen LogP contribution in [-0.4, -0.2) is 29.2 Å². The predicted octanol–water partition coefficient (Wildman–Crippen LogP) is 2.97. The molecule has 128 valence electrons. The monoisotopic (exact) mass is 350 g/mol. The zero-order valence-corrected chi connectivity index (χ0v) is 14.1. The van der Waals surface area contributed by atoms with Crippen LogP contribution in [0.2, 0.25) is 0 Å². The first-order valence-corrected chi connectivity index (χ1v) is 9.15. The Balaban J connectivity index is 2.09. The highest BCUT2D eigenvalue weighted by Crippen LogP contribution is 2.45. The fraction of sp³-hybridized carbons (Fsp3) is 0.235. The number of aliphatic hydroxyl groups is 1. The molecule has 0 heterocycles. The van der Waals surface area contributed by atoms with Gasteiger partial charge in [0.05, 0.1) is 12.8 Å². The molecule has 2 aromatic carbocycles. The van der Waals surface area contributed by atoms with Crippen LogP contribution in [0.1, 0.15) is 28.4 Å². The number of benzene rings is 2. The molecule has 0 bridgehead atoms. The van der Waals surface area contributed by atoms with Crippen molar-refractivity contribution in [3.63, 3.8) is 0 Å². The lowest BCUT2D eigenvalue weighted by atomic mass is 10.0. The van der Waals surface area contributed by atoms with Crippen molar-refractivity contribution in [2.75, 3.05) is 13.4 Å². The van der Waals surface area contributed by atoms with Crippen molar-refractivity contribution in [2.45, 2.75) is 13.1 Å². The third-order valence-electron chi connectivity index (χ3n) is 3.28. The molecule has 0 aliphatic rings. The van der Waals surface area contributed by atoms with Gasteiger partial charge in [0.1, 0.15) is 5.75 Å². The van der Waals surface area contributed by atoms with Gasteiger partial charge in [-0.2, -0.15) is 0 Å². The number of ketones is 1. The molecule has 0 aromatic heterocycles. The van der Waals surface area contributed by atoms with Crippen molar-refractivity contribution in [1.82, 2.24) is 0 Å². The summed E-state index contributed by atoms with van der Waals surface area (Å²) in [4.78, 5) is 22.0. The Morgan fingerprint density at radius 1 is 1.04 bits per heavy atom. The molecule has 0 aliphatic carbocycles. The molecule has 2 aromatic rings. The second-order valence-electron chi connectivity index (χ2n) is 5.04. The highest BCUT2D eigenvalue weighted by molar-refractivity contribution is 7.51. The van der Waals surface area contributed by atoms with Crippen LogP contribution in [-0.2, 0) is 15.3 Å². The number of carbonyl (C=O) groups is 1. The van der Waals surface area contributed by atoms with Gasteiger partial charge in [0.25, 0.3) is 0 Å². The molecule has 0 fully saturated rings. The van der Waals surface area contributed by atoms with E-state index in [0.717, 1.165) is 0 Å². The molecular weight excluding hydrogens is 331 g/mol. The third kappa shape index (κ3) is 5.01. The first-order chi connectivity index (χ1) is 11.4. The minimum atomic E-state index is -3.64. The average molecular weight is 350 g/mol. The Labute approximate surface area is 140 Å². The molecule has 6 nitrogen and oxygen atoms in total. The summed E-state index contributed by atoms with van der Waals surface area (Å²) in [5, 5.41) is 8.68. The maximum absolute atomic E-state index is 12.4. The lowest BCUT2D eigenvalue weighted by Crippen LogP contribution is -2.02. The van der Waals surface area contributed by atoms with E-state index >= 15 is 0 Å². The fourth-order valence-corrected chi connectivity index (χ4v) is 3.35. The van der Waals surface area contributed by atoms with Crippen molar-refractivity contribution in [1.29, 1.82) is 0 Å². The molecule has 0 radical (unpaired) electrons. The van der Waals surface area contributed by atoms with Gasteiger partial charge in [-0.25, -0.2) is 0 Å². The average Bonchev–Trinajstić information content (AvgIpc) is 2.55. The van der Waals surface area contributed by atoms with E-state index < -0.39 is 14.4 Å². The standard InChI is InChI=1S/C17H19O6P/c1-2-23-24(20,21)11-13-3-5-14(6-4-13)17(19)15-7-9-16(10-8-15)22-12-18/h3-10,18H,2,11-12H2,1H3,(H,20,21). The van der Waals surface area contributed by atoms with Crippen molar-refractivity contribution >= 4 is 13.4 Å². The van der Waals surface area contributed by atoms with Crippen LogP contribution in [0.4, 0.5) is 0 Å². The smallest absolute Gasteiger partial charge is 0.332 e. The van der Waals surface area contributed by atoms with Gasteiger partial charge in [0.15, 0.2) is 12.6 Å². The topological polar surface area (TPSA) is 93.1 Å². The first kappa shape index (κ1) is 18.4. The summed E-state index contributed by atoms with van der Waals surface area (Å²) in [5.41, 5.74) is 1.58. The van der Waals surface area contributed by atoms with Gasteiger partial charge in [0.2, 0.25) is 0 Å². The van der Waals surface area contributed by atoms with Gasteiger partial charge >= 0.3 is 7.60 Å². The number of rotatable bonds is 8. The van der Waals surface area contributed by atoms with Gasteiger partial charge in [-0.15, -0.1) is 0 Å². The molecule has 0 saturated heterocycles. The zero-order chi connectivity index (χ0) is 17.6.